The maximum absolute atomic E-state index is 10.6. The largest absolute Gasteiger partial charge is 0.480 e. The standard InChI is InChI=1S/C11H12ClN3O2/c1-8(16)13-6-4-3-5-9-7-14-11(12)15-10(9)17-2/h7H,4,6H2,1-2H3,(H,13,16). The average Bonchev–Trinajstić information content (AvgIpc) is 2.29. The molecule has 0 saturated carbocycles. The van der Waals surface area contributed by atoms with E-state index >= 15 is 0 Å². The molecule has 0 aliphatic heterocycles. The lowest BCUT2D eigenvalue weighted by Gasteiger charge is -2.00. The molecule has 1 aromatic heterocycles. The molecule has 1 N–H and O–H groups in total. The van der Waals surface area contributed by atoms with Gasteiger partial charge in [0.05, 0.1) is 13.3 Å². The maximum Gasteiger partial charge on any atom is 0.233 e. The number of hydrogen-bond donors (Lipinski definition) is 1. The van der Waals surface area contributed by atoms with E-state index in [2.05, 4.69) is 27.1 Å². The summed E-state index contributed by atoms with van der Waals surface area (Å²) in [6.07, 6.45) is 2.05. The normalized spacial score (nSPS) is 9.12. The molecule has 1 heterocycles. The Morgan fingerprint density at radius 3 is 3.06 bits per heavy atom. The molecule has 0 bridgehead atoms. The van der Waals surface area contributed by atoms with Gasteiger partial charge in [0.2, 0.25) is 17.1 Å². The van der Waals surface area contributed by atoms with Gasteiger partial charge in [0.25, 0.3) is 0 Å². The number of rotatable bonds is 3. The quantitative estimate of drug-likeness (QED) is 0.496. The molecule has 0 aromatic carbocycles. The molecule has 0 atom stereocenters. The minimum atomic E-state index is -0.0702. The summed E-state index contributed by atoms with van der Waals surface area (Å²) < 4.78 is 5.01. The van der Waals surface area contributed by atoms with Crippen LogP contribution in [-0.4, -0.2) is 29.5 Å². The van der Waals surface area contributed by atoms with Gasteiger partial charge in [0.1, 0.15) is 5.56 Å². The molecule has 0 aliphatic carbocycles. The second-order valence-electron chi connectivity index (χ2n) is 3.10. The van der Waals surface area contributed by atoms with E-state index in [0.29, 0.717) is 24.4 Å². The van der Waals surface area contributed by atoms with E-state index in [1.54, 1.807) is 0 Å². The van der Waals surface area contributed by atoms with Crippen LogP contribution in [-0.2, 0) is 4.79 Å². The van der Waals surface area contributed by atoms with Crippen molar-refractivity contribution in [3.05, 3.63) is 17.0 Å². The minimum absolute atomic E-state index is 0.0702. The summed E-state index contributed by atoms with van der Waals surface area (Å²) >= 11 is 5.62. The number of aromatic nitrogens is 2. The third kappa shape index (κ3) is 4.70. The summed E-state index contributed by atoms with van der Waals surface area (Å²) in [5.41, 5.74) is 0.569. The van der Waals surface area contributed by atoms with Crippen LogP contribution in [0.4, 0.5) is 0 Å². The Balaban J connectivity index is 2.62. The van der Waals surface area contributed by atoms with E-state index in [-0.39, 0.29) is 11.2 Å². The van der Waals surface area contributed by atoms with E-state index in [4.69, 9.17) is 16.3 Å². The van der Waals surface area contributed by atoms with E-state index in [1.807, 2.05) is 0 Å². The van der Waals surface area contributed by atoms with Crippen LogP contribution in [0.25, 0.3) is 0 Å². The van der Waals surface area contributed by atoms with E-state index in [9.17, 15) is 4.79 Å². The molecule has 1 rings (SSSR count). The molecule has 1 amide bonds. The summed E-state index contributed by atoms with van der Waals surface area (Å²) in [5, 5.41) is 2.76. The monoisotopic (exact) mass is 253 g/mol. The maximum atomic E-state index is 10.6. The molecule has 5 nitrogen and oxygen atoms in total. The van der Waals surface area contributed by atoms with Gasteiger partial charge in [-0.2, -0.15) is 4.98 Å². The van der Waals surface area contributed by atoms with Gasteiger partial charge in [-0.1, -0.05) is 11.8 Å². The van der Waals surface area contributed by atoms with E-state index < -0.39 is 0 Å². The lowest BCUT2D eigenvalue weighted by molar-refractivity contribution is -0.118. The molecule has 0 saturated heterocycles. The van der Waals surface area contributed by atoms with Crippen molar-refractivity contribution < 1.29 is 9.53 Å². The average molecular weight is 254 g/mol. The lowest BCUT2D eigenvalue weighted by Crippen LogP contribution is -2.20. The van der Waals surface area contributed by atoms with Crippen molar-refractivity contribution in [2.24, 2.45) is 0 Å². The number of carbonyl (C=O) groups excluding carboxylic acids is 1. The summed E-state index contributed by atoms with van der Waals surface area (Å²) in [5.74, 6) is 6.01. The molecule has 1 aromatic rings. The molecule has 0 fully saturated rings. The van der Waals surface area contributed by atoms with Gasteiger partial charge in [0, 0.05) is 19.9 Å². The van der Waals surface area contributed by atoms with Gasteiger partial charge in [-0.05, 0) is 11.6 Å². The molecule has 90 valence electrons. The Bertz CT molecular complexity index is 466. The second-order valence-corrected chi connectivity index (χ2v) is 3.43. The van der Waals surface area contributed by atoms with E-state index in [1.165, 1.54) is 20.2 Å². The van der Waals surface area contributed by atoms with Gasteiger partial charge in [-0.3, -0.25) is 4.79 Å². The number of ether oxygens (including phenoxy) is 1. The van der Waals surface area contributed by atoms with Crippen molar-refractivity contribution in [2.45, 2.75) is 13.3 Å². The highest BCUT2D eigenvalue weighted by molar-refractivity contribution is 6.28. The third-order valence-corrected chi connectivity index (χ3v) is 1.95. The van der Waals surface area contributed by atoms with Crippen LogP contribution in [0.3, 0.4) is 0 Å². The SMILES string of the molecule is COc1nc(Cl)ncc1C#CCCNC(C)=O. The predicted octanol–water partition coefficient (Wildman–Crippen LogP) is 1.02. The Kier molecular flexibility index (Phi) is 5.24. The predicted molar refractivity (Wildman–Crippen MR) is 63.8 cm³/mol. The second kappa shape index (κ2) is 6.71. The van der Waals surface area contributed by atoms with Gasteiger partial charge >= 0.3 is 0 Å². The lowest BCUT2D eigenvalue weighted by atomic mass is 10.3. The van der Waals surface area contributed by atoms with E-state index in [0.717, 1.165) is 0 Å². The van der Waals surface area contributed by atoms with Crippen LogP contribution >= 0.6 is 11.6 Å². The summed E-state index contributed by atoms with van der Waals surface area (Å²) in [6.45, 7) is 1.97. The fourth-order valence-electron chi connectivity index (χ4n) is 1.05. The Hall–Kier alpha value is -1.80. The van der Waals surface area contributed by atoms with Gasteiger partial charge in [-0.25, -0.2) is 4.98 Å². The molecule has 0 aliphatic rings. The van der Waals surface area contributed by atoms with Crippen molar-refractivity contribution >= 4 is 17.5 Å². The molecule has 0 radical (unpaired) electrons. The number of carbonyl (C=O) groups is 1. The molecule has 0 unspecified atom stereocenters. The van der Waals surface area contributed by atoms with Crippen LogP contribution in [0, 0.1) is 11.8 Å². The van der Waals surface area contributed by atoms with Crippen molar-refractivity contribution in [3.63, 3.8) is 0 Å². The fourth-order valence-corrected chi connectivity index (χ4v) is 1.17. The van der Waals surface area contributed by atoms with Gasteiger partial charge in [0.15, 0.2) is 0 Å². The first-order valence-electron chi connectivity index (χ1n) is 4.93. The molecular formula is C11H12ClN3O2. The van der Waals surface area contributed by atoms with Crippen LogP contribution in [0.15, 0.2) is 6.20 Å². The number of amides is 1. The van der Waals surface area contributed by atoms with Gasteiger partial charge < -0.3 is 10.1 Å². The van der Waals surface area contributed by atoms with Crippen molar-refractivity contribution in [1.82, 2.24) is 15.3 Å². The number of hydrogen-bond acceptors (Lipinski definition) is 4. The summed E-state index contributed by atoms with van der Waals surface area (Å²) in [4.78, 5) is 18.3. The van der Waals surface area contributed by atoms with Crippen LogP contribution in [0.1, 0.15) is 18.9 Å². The van der Waals surface area contributed by atoms with Crippen LogP contribution < -0.4 is 10.1 Å². The minimum Gasteiger partial charge on any atom is -0.480 e. The third-order valence-electron chi connectivity index (χ3n) is 1.76. The van der Waals surface area contributed by atoms with Crippen LogP contribution in [0.5, 0.6) is 5.88 Å². The number of nitrogens with one attached hydrogen (secondary N) is 1. The zero-order chi connectivity index (χ0) is 12.7. The smallest absolute Gasteiger partial charge is 0.233 e. The summed E-state index contributed by atoms with van der Waals surface area (Å²) in [7, 11) is 1.49. The number of nitrogens with zero attached hydrogens (tertiary/aromatic N) is 2. The Morgan fingerprint density at radius 2 is 2.41 bits per heavy atom. The topological polar surface area (TPSA) is 64.1 Å². The highest BCUT2D eigenvalue weighted by atomic mass is 35.5. The van der Waals surface area contributed by atoms with Crippen molar-refractivity contribution in [2.75, 3.05) is 13.7 Å². The molecular weight excluding hydrogens is 242 g/mol. The summed E-state index contributed by atoms with van der Waals surface area (Å²) in [6, 6.07) is 0. The number of methoxy groups -OCH3 is 1. The van der Waals surface area contributed by atoms with Crippen molar-refractivity contribution in [3.8, 4) is 17.7 Å². The van der Waals surface area contributed by atoms with Crippen molar-refractivity contribution in [1.29, 1.82) is 0 Å². The molecule has 17 heavy (non-hydrogen) atoms. The van der Waals surface area contributed by atoms with Crippen LogP contribution in [0.2, 0.25) is 5.28 Å². The molecule has 6 heteroatoms. The molecule has 0 spiro atoms. The zero-order valence-corrected chi connectivity index (χ0v) is 10.3. The highest BCUT2D eigenvalue weighted by Gasteiger charge is 2.03. The Morgan fingerprint density at radius 1 is 1.65 bits per heavy atom. The highest BCUT2D eigenvalue weighted by Crippen LogP contribution is 2.14. The zero-order valence-electron chi connectivity index (χ0n) is 9.58. The first kappa shape index (κ1) is 13.3. The Labute approximate surface area is 105 Å². The van der Waals surface area contributed by atoms with Gasteiger partial charge in [-0.15, -0.1) is 0 Å². The number of halogens is 1. The fraction of sp³-hybridized carbons (Fsp3) is 0.364. The first-order chi connectivity index (χ1) is 8.13. The first-order valence-corrected chi connectivity index (χ1v) is 5.31.